The van der Waals surface area contributed by atoms with Gasteiger partial charge in [0.2, 0.25) is 0 Å². The summed E-state index contributed by atoms with van der Waals surface area (Å²) in [7, 11) is 0. The van der Waals surface area contributed by atoms with Gasteiger partial charge in [-0.2, -0.15) is 0 Å². The van der Waals surface area contributed by atoms with Crippen molar-refractivity contribution in [3.63, 3.8) is 0 Å². The first-order valence-corrected chi connectivity index (χ1v) is 4.28. The Labute approximate surface area is 70.5 Å². The zero-order chi connectivity index (χ0) is 6.85. The summed E-state index contributed by atoms with van der Waals surface area (Å²) in [6.45, 7) is 0. The van der Waals surface area contributed by atoms with Crippen molar-refractivity contribution in [1.82, 2.24) is 0 Å². The molecule has 0 nitrogen and oxygen atoms in total. The van der Waals surface area contributed by atoms with Gasteiger partial charge >= 0.3 is 0 Å². The fraction of sp³-hybridized carbons (Fsp3) is 0.833. The predicted octanol–water partition coefficient (Wildman–Crippen LogP) is 2.81. The highest BCUT2D eigenvalue weighted by Gasteiger charge is 2.28. The maximum absolute atomic E-state index is 5.83. The van der Waals surface area contributed by atoms with E-state index in [1.807, 2.05) is 6.42 Å². The maximum atomic E-state index is 5.83. The van der Waals surface area contributed by atoms with Crippen molar-refractivity contribution in [1.29, 1.82) is 0 Å². The van der Waals surface area contributed by atoms with Crippen molar-refractivity contribution in [2.75, 3.05) is 0 Å². The van der Waals surface area contributed by atoms with Gasteiger partial charge in [-0.1, -0.05) is 0 Å². The van der Waals surface area contributed by atoms with Crippen molar-refractivity contribution in [3.8, 4) is 0 Å². The molecule has 9 heavy (non-hydrogen) atoms. The molecule has 0 heterocycles. The lowest BCUT2D eigenvalue weighted by atomic mass is 9.99. The Bertz CT molecular complexity index is 84.3. The van der Waals surface area contributed by atoms with Gasteiger partial charge in [-0.15, -0.1) is 34.8 Å². The number of hydrogen-bond acceptors (Lipinski definition) is 0. The molecule has 3 unspecified atom stereocenters. The normalized spacial score (nSPS) is 45.0. The van der Waals surface area contributed by atoms with Crippen LogP contribution in [-0.4, -0.2) is 16.1 Å². The zero-order valence-electron chi connectivity index (χ0n) is 4.86. The van der Waals surface area contributed by atoms with E-state index in [2.05, 4.69) is 0 Å². The third kappa shape index (κ3) is 1.89. The quantitative estimate of drug-likeness (QED) is 0.511. The first kappa shape index (κ1) is 7.97. The van der Waals surface area contributed by atoms with Gasteiger partial charge in [0.1, 0.15) is 0 Å². The van der Waals surface area contributed by atoms with Crippen molar-refractivity contribution < 1.29 is 0 Å². The molecule has 0 aromatic heterocycles. The molecule has 1 rings (SSSR count). The molecule has 1 saturated carbocycles. The van der Waals surface area contributed by atoms with Gasteiger partial charge in [-0.3, -0.25) is 0 Å². The van der Waals surface area contributed by atoms with E-state index in [1.165, 1.54) is 0 Å². The fourth-order valence-electron chi connectivity index (χ4n) is 0.903. The summed E-state index contributed by atoms with van der Waals surface area (Å²) in [5, 5.41) is -0.0656. The highest BCUT2D eigenvalue weighted by atomic mass is 35.5. The molecule has 0 saturated heterocycles. The number of rotatable bonds is 0. The van der Waals surface area contributed by atoms with Gasteiger partial charge < -0.3 is 0 Å². The van der Waals surface area contributed by atoms with Crippen molar-refractivity contribution >= 4 is 34.8 Å². The minimum Gasteiger partial charge on any atom is -0.121 e. The molecule has 53 valence electrons. The molecule has 3 heteroatoms. The third-order valence-electron chi connectivity index (χ3n) is 1.48. The molecule has 0 N–H and O–H groups in total. The zero-order valence-corrected chi connectivity index (χ0v) is 7.13. The number of hydrogen-bond donors (Lipinski definition) is 0. The molecule has 1 aliphatic rings. The van der Waals surface area contributed by atoms with Gasteiger partial charge in [-0.25, -0.2) is 0 Å². The highest BCUT2D eigenvalue weighted by Crippen LogP contribution is 2.30. The maximum Gasteiger partial charge on any atom is 0.0665 e. The van der Waals surface area contributed by atoms with Crippen LogP contribution in [0.25, 0.3) is 0 Å². The first-order chi connectivity index (χ1) is 4.22. The van der Waals surface area contributed by atoms with Crippen LogP contribution in [0, 0.1) is 6.42 Å². The Hall–Kier alpha value is 0.870. The van der Waals surface area contributed by atoms with Crippen molar-refractivity contribution in [3.05, 3.63) is 6.42 Å². The first-order valence-electron chi connectivity index (χ1n) is 2.97. The Morgan fingerprint density at radius 3 is 2.33 bits per heavy atom. The molecule has 1 radical (unpaired) electrons. The van der Waals surface area contributed by atoms with Gasteiger partial charge in [0.05, 0.1) is 16.1 Å². The number of alkyl halides is 3. The fourth-order valence-corrected chi connectivity index (χ4v) is 1.79. The highest BCUT2D eigenvalue weighted by molar-refractivity contribution is 6.35. The average molecular weight is 186 g/mol. The van der Waals surface area contributed by atoms with Crippen LogP contribution in [0.15, 0.2) is 0 Å². The molecule has 1 fully saturated rings. The van der Waals surface area contributed by atoms with Crippen LogP contribution < -0.4 is 0 Å². The molecule has 0 bridgehead atoms. The Balaban J connectivity index is 2.41. The van der Waals surface area contributed by atoms with Crippen LogP contribution in [0.1, 0.15) is 12.8 Å². The van der Waals surface area contributed by atoms with Crippen LogP contribution in [-0.2, 0) is 0 Å². The van der Waals surface area contributed by atoms with E-state index in [9.17, 15) is 0 Å². The van der Waals surface area contributed by atoms with E-state index < -0.39 is 0 Å². The lowest BCUT2D eigenvalue weighted by molar-refractivity contribution is 0.614. The van der Waals surface area contributed by atoms with E-state index in [0.29, 0.717) is 0 Å². The minimum absolute atomic E-state index is 0.0390. The summed E-state index contributed by atoms with van der Waals surface area (Å²) in [5.41, 5.74) is 0. The monoisotopic (exact) mass is 185 g/mol. The molecule has 0 amide bonds. The Kier molecular flexibility index (Phi) is 2.94. The van der Waals surface area contributed by atoms with Crippen LogP contribution in [0.3, 0.4) is 0 Å². The molecule has 3 atom stereocenters. The van der Waals surface area contributed by atoms with E-state index in [-0.39, 0.29) is 16.1 Å². The van der Waals surface area contributed by atoms with E-state index in [0.717, 1.165) is 12.8 Å². The molecule has 1 aliphatic carbocycles. The van der Waals surface area contributed by atoms with Crippen molar-refractivity contribution in [2.45, 2.75) is 29.0 Å². The lowest BCUT2D eigenvalue weighted by Crippen LogP contribution is -2.30. The van der Waals surface area contributed by atoms with E-state index in [4.69, 9.17) is 34.8 Å². The molecular formula is C6H8Cl3. The van der Waals surface area contributed by atoms with Gasteiger partial charge in [0.15, 0.2) is 0 Å². The second-order valence-corrected chi connectivity index (χ2v) is 3.79. The van der Waals surface area contributed by atoms with Gasteiger partial charge in [-0.05, 0) is 19.3 Å². The molecule has 0 aromatic rings. The van der Waals surface area contributed by atoms with Crippen molar-refractivity contribution in [2.24, 2.45) is 0 Å². The Morgan fingerprint density at radius 2 is 1.89 bits per heavy atom. The topological polar surface area (TPSA) is 0 Å². The van der Waals surface area contributed by atoms with Crippen LogP contribution in [0.2, 0.25) is 0 Å². The smallest absolute Gasteiger partial charge is 0.0665 e. The summed E-state index contributed by atoms with van der Waals surface area (Å²) in [4.78, 5) is 0. The summed E-state index contributed by atoms with van der Waals surface area (Å²) < 4.78 is 0. The van der Waals surface area contributed by atoms with Gasteiger partial charge in [0.25, 0.3) is 0 Å². The second-order valence-electron chi connectivity index (χ2n) is 2.22. The number of halogens is 3. The summed E-state index contributed by atoms with van der Waals surface area (Å²) in [5.74, 6) is 0. The van der Waals surface area contributed by atoms with E-state index in [1.54, 1.807) is 0 Å². The van der Waals surface area contributed by atoms with Crippen LogP contribution in [0.5, 0.6) is 0 Å². The lowest BCUT2D eigenvalue weighted by Gasteiger charge is -2.25. The molecular weight excluding hydrogens is 178 g/mol. The summed E-state index contributed by atoms with van der Waals surface area (Å²) in [6.07, 6.45) is 3.96. The second kappa shape index (κ2) is 3.32. The van der Waals surface area contributed by atoms with Gasteiger partial charge in [0, 0.05) is 0 Å². The Morgan fingerprint density at radius 1 is 1.22 bits per heavy atom. The standard InChI is InChI=1S/C6H8Cl3/c7-4-2-1-3-5(8)6(4)9/h2,4-6H,1,3H2. The summed E-state index contributed by atoms with van der Waals surface area (Å²) in [6, 6.07) is 0. The largest absolute Gasteiger partial charge is 0.121 e. The summed E-state index contributed by atoms with van der Waals surface area (Å²) >= 11 is 17.4. The average Bonchev–Trinajstić information content (AvgIpc) is 1.83. The molecule has 0 spiro atoms. The van der Waals surface area contributed by atoms with Crippen LogP contribution in [0.4, 0.5) is 0 Å². The van der Waals surface area contributed by atoms with E-state index >= 15 is 0 Å². The SMILES string of the molecule is ClC1[CH]CCC(Cl)C1Cl. The third-order valence-corrected chi connectivity index (χ3v) is 3.26. The van der Waals surface area contributed by atoms with Crippen LogP contribution >= 0.6 is 34.8 Å². The molecule has 0 aromatic carbocycles. The predicted molar refractivity (Wildman–Crippen MR) is 42.5 cm³/mol. The molecule has 0 aliphatic heterocycles. The minimum atomic E-state index is -0.0814.